The normalized spacial score (nSPS) is 12.6. The minimum atomic E-state index is -0.367. The van der Waals surface area contributed by atoms with Gasteiger partial charge >= 0.3 is 11.9 Å². The number of carbonyl (C=O) groups excluding carboxylic acids is 2. The molecule has 0 fully saturated rings. The maximum Gasteiger partial charge on any atom is 0.309 e. The molecular weight excluding hydrogens is 256 g/mol. The van der Waals surface area contributed by atoms with Crippen LogP contribution in [-0.4, -0.2) is 25.2 Å². The average Bonchev–Trinajstić information content (AvgIpc) is 2.38. The summed E-state index contributed by atoms with van der Waals surface area (Å²) in [6.45, 7) is 10.8. The van der Waals surface area contributed by atoms with Crippen molar-refractivity contribution in [3.05, 3.63) is 0 Å². The first kappa shape index (κ1) is 18.9. The molecule has 0 aromatic rings. The first-order chi connectivity index (χ1) is 9.36. The van der Waals surface area contributed by atoms with Crippen molar-refractivity contribution in [2.24, 2.45) is 17.8 Å². The molecule has 0 heterocycles. The number of carbonyl (C=O) groups is 2. The molecule has 0 rings (SSSR count). The Kier molecular flexibility index (Phi) is 10.1. The van der Waals surface area contributed by atoms with Gasteiger partial charge in [0.1, 0.15) is 0 Å². The van der Waals surface area contributed by atoms with E-state index in [1.165, 1.54) is 0 Å². The van der Waals surface area contributed by atoms with Crippen LogP contribution in [-0.2, 0) is 19.1 Å². The highest BCUT2D eigenvalue weighted by molar-refractivity contribution is 5.79. The van der Waals surface area contributed by atoms with E-state index in [4.69, 9.17) is 9.47 Å². The second-order valence-electron chi connectivity index (χ2n) is 6.14. The van der Waals surface area contributed by atoms with E-state index in [-0.39, 0.29) is 24.3 Å². The van der Waals surface area contributed by atoms with Gasteiger partial charge in [-0.1, -0.05) is 47.5 Å². The average molecular weight is 286 g/mol. The van der Waals surface area contributed by atoms with Gasteiger partial charge in [-0.3, -0.25) is 9.59 Å². The summed E-state index contributed by atoms with van der Waals surface area (Å²) in [5.74, 6) is -0.331. The summed E-state index contributed by atoms with van der Waals surface area (Å²) in [4.78, 5) is 23.7. The Morgan fingerprint density at radius 1 is 0.950 bits per heavy atom. The van der Waals surface area contributed by atoms with Gasteiger partial charge in [-0.25, -0.2) is 0 Å². The molecular formula is C16H30O4. The lowest BCUT2D eigenvalue weighted by molar-refractivity contribution is -0.156. The van der Waals surface area contributed by atoms with E-state index >= 15 is 0 Å². The fourth-order valence-electron chi connectivity index (χ4n) is 1.64. The SMILES string of the molecule is CCCCC(CC(=O)OCC(C)C)C(=O)OCC(C)C. The Morgan fingerprint density at radius 2 is 1.50 bits per heavy atom. The maximum absolute atomic E-state index is 12.0. The van der Waals surface area contributed by atoms with E-state index in [1.807, 2.05) is 27.7 Å². The quantitative estimate of drug-likeness (QED) is 0.576. The first-order valence-electron chi connectivity index (χ1n) is 7.69. The van der Waals surface area contributed by atoms with Crippen LogP contribution in [0.15, 0.2) is 0 Å². The second kappa shape index (κ2) is 10.7. The summed E-state index contributed by atoms with van der Waals surface area (Å²) in [5.41, 5.74) is 0. The van der Waals surface area contributed by atoms with Crippen molar-refractivity contribution in [3.63, 3.8) is 0 Å². The number of hydrogen-bond donors (Lipinski definition) is 0. The third-order valence-corrected chi connectivity index (χ3v) is 2.79. The fourth-order valence-corrected chi connectivity index (χ4v) is 1.64. The Bertz CT molecular complexity index is 284. The fraction of sp³-hybridized carbons (Fsp3) is 0.875. The zero-order valence-corrected chi connectivity index (χ0v) is 13.6. The van der Waals surface area contributed by atoms with Crippen molar-refractivity contribution < 1.29 is 19.1 Å². The van der Waals surface area contributed by atoms with Crippen molar-refractivity contribution in [2.45, 2.75) is 60.3 Å². The second-order valence-corrected chi connectivity index (χ2v) is 6.14. The third kappa shape index (κ3) is 9.82. The summed E-state index contributed by atoms with van der Waals surface area (Å²) < 4.78 is 10.4. The Hall–Kier alpha value is -1.06. The van der Waals surface area contributed by atoms with Crippen molar-refractivity contribution in [1.82, 2.24) is 0 Å². The summed E-state index contributed by atoms with van der Waals surface area (Å²) in [6, 6.07) is 0. The van der Waals surface area contributed by atoms with Gasteiger partial charge in [-0.2, -0.15) is 0 Å². The van der Waals surface area contributed by atoms with E-state index in [2.05, 4.69) is 6.92 Å². The van der Waals surface area contributed by atoms with Gasteiger partial charge in [0.15, 0.2) is 0 Å². The van der Waals surface area contributed by atoms with Crippen molar-refractivity contribution in [2.75, 3.05) is 13.2 Å². The molecule has 0 aliphatic rings. The molecule has 0 amide bonds. The molecule has 20 heavy (non-hydrogen) atoms. The summed E-state index contributed by atoms with van der Waals surface area (Å²) in [5, 5.41) is 0. The van der Waals surface area contributed by atoms with E-state index < -0.39 is 0 Å². The van der Waals surface area contributed by atoms with Gasteiger partial charge in [-0.05, 0) is 18.3 Å². The smallest absolute Gasteiger partial charge is 0.309 e. The van der Waals surface area contributed by atoms with E-state index in [0.29, 0.717) is 31.5 Å². The van der Waals surface area contributed by atoms with Gasteiger partial charge < -0.3 is 9.47 Å². The predicted octanol–water partition coefficient (Wildman–Crippen LogP) is 3.58. The predicted molar refractivity (Wildman–Crippen MR) is 79.2 cm³/mol. The van der Waals surface area contributed by atoms with Crippen LogP contribution in [0.25, 0.3) is 0 Å². The molecule has 0 aromatic heterocycles. The summed E-state index contributed by atoms with van der Waals surface area (Å²) in [6.07, 6.45) is 2.72. The molecule has 0 aromatic carbocycles. The van der Waals surface area contributed by atoms with Crippen LogP contribution in [0, 0.1) is 17.8 Å². The molecule has 118 valence electrons. The van der Waals surface area contributed by atoms with E-state index in [9.17, 15) is 9.59 Å². The highest BCUT2D eigenvalue weighted by atomic mass is 16.5. The topological polar surface area (TPSA) is 52.6 Å². The highest BCUT2D eigenvalue weighted by Crippen LogP contribution is 2.16. The molecule has 0 N–H and O–H groups in total. The number of hydrogen-bond acceptors (Lipinski definition) is 4. The molecule has 0 saturated heterocycles. The standard InChI is InChI=1S/C16H30O4/c1-6-7-8-14(16(18)20-11-13(4)5)9-15(17)19-10-12(2)3/h12-14H,6-11H2,1-5H3. The lowest BCUT2D eigenvalue weighted by atomic mass is 9.98. The molecule has 0 bridgehead atoms. The number of esters is 2. The van der Waals surface area contributed by atoms with Crippen LogP contribution in [0.2, 0.25) is 0 Å². The highest BCUT2D eigenvalue weighted by Gasteiger charge is 2.24. The Labute approximate surface area is 123 Å². The third-order valence-electron chi connectivity index (χ3n) is 2.79. The minimum absolute atomic E-state index is 0.129. The van der Waals surface area contributed by atoms with Gasteiger partial charge in [0.25, 0.3) is 0 Å². The number of ether oxygens (including phenoxy) is 2. The lowest BCUT2D eigenvalue weighted by Gasteiger charge is -2.16. The van der Waals surface area contributed by atoms with E-state index in [1.54, 1.807) is 0 Å². The van der Waals surface area contributed by atoms with Gasteiger partial charge in [0.05, 0.1) is 25.6 Å². The molecule has 0 aliphatic carbocycles. The molecule has 4 heteroatoms. The van der Waals surface area contributed by atoms with Gasteiger partial charge in [0, 0.05) is 0 Å². The molecule has 0 radical (unpaired) electrons. The van der Waals surface area contributed by atoms with Crippen LogP contribution >= 0.6 is 0 Å². The van der Waals surface area contributed by atoms with Gasteiger partial charge in [0.2, 0.25) is 0 Å². The lowest BCUT2D eigenvalue weighted by Crippen LogP contribution is -2.24. The van der Waals surface area contributed by atoms with Crippen molar-refractivity contribution in [3.8, 4) is 0 Å². The van der Waals surface area contributed by atoms with Crippen LogP contribution in [0.4, 0.5) is 0 Å². The molecule has 0 saturated carbocycles. The molecule has 0 aliphatic heterocycles. The van der Waals surface area contributed by atoms with Crippen molar-refractivity contribution >= 4 is 11.9 Å². The van der Waals surface area contributed by atoms with Crippen LogP contribution in [0.3, 0.4) is 0 Å². The van der Waals surface area contributed by atoms with Crippen LogP contribution in [0.1, 0.15) is 60.3 Å². The van der Waals surface area contributed by atoms with Crippen LogP contribution in [0.5, 0.6) is 0 Å². The minimum Gasteiger partial charge on any atom is -0.465 e. The molecule has 0 spiro atoms. The van der Waals surface area contributed by atoms with E-state index in [0.717, 1.165) is 12.8 Å². The Balaban J connectivity index is 4.31. The maximum atomic E-state index is 12.0. The van der Waals surface area contributed by atoms with Crippen molar-refractivity contribution in [1.29, 1.82) is 0 Å². The summed E-state index contributed by atoms with van der Waals surface area (Å²) in [7, 11) is 0. The number of unbranched alkanes of at least 4 members (excludes halogenated alkanes) is 1. The zero-order chi connectivity index (χ0) is 15.5. The molecule has 1 atom stereocenters. The Morgan fingerprint density at radius 3 is 2.00 bits per heavy atom. The van der Waals surface area contributed by atoms with Crippen LogP contribution < -0.4 is 0 Å². The summed E-state index contributed by atoms with van der Waals surface area (Å²) >= 11 is 0. The largest absolute Gasteiger partial charge is 0.465 e. The van der Waals surface area contributed by atoms with Gasteiger partial charge in [-0.15, -0.1) is 0 Å². The monoisotopic (exact) mass is 286 g/mol. The zero-order valence-electron chi connectivity index (χ0n) is 13.6. The molecule has 4 nitrogen and oxygen atoms in total. The first-order valence-corrected chi connectivity index (χ1v) is 7.69. The number of rotatable bonds is 10. The molecule has 1 unspecified atom stereocenters.